The highest BCUT2D eigenvalue weighted by Crippen LogP contribution is 2.42. The monoisotopic (exact) mass is 257 g/mol. The number of aliphatic hydroxyl groups excluding tert-OH is 1. The van der Waals surface area contributed by atoms with Crippen molar-refractivity contribution < 1.29 is 5.11 Å². The molecule has 2 aliphatic rings. The van der Waals surface area contributed by atoms with Crippen LogP contribution in [0.1, 0.15) is 18.4 Å². The summed E-state index contributed by atoms with van der Waals surface area (Å²) in [5, 5.41) is 13.1. The number of hydrogen-bond donors (Lipinski definition) is 2. The number of allylic oxidation sites excluding steroid dienone is 2. The number of fused-ring (bicyclic) bond motifs is 2. The molecule has 102 valence electrons. The maximum atomic E-state index is 9.52. The van der Waals surface area contributed by atoms with Crippen molar-refractivity contribution in [2.45, 2.75) is 25.3 Å². The van der Waals surface area contributed by atoms with Crippen LogP contribution in [0.3, 0.4) is 0 Å². The minimum Gasteiger partial charge on any atom is -0.395 e. The molecule has 0 saturated heterocycles. The summed E-state index contributed by atoms with van der Waals surface area (Å²) in [6.07, 6.45) is 8.38. The highest BCUT2D eigenvalue weighted by molar-refractivity contribution is 5.16. The van der Waals surface area contributed by atoms with E-state index in [1.165, 1.54) is 18.4 Å². The van der Waals surface area contributed by atoms with Crippen LogP contribution in [-0.4, -0.2) is 24.3 Å². The van der Waals surface area contributed by atoms with Crippen LogP contribution in [-0.2, 0) is 6.42 Å². The summed E-state index contributed by atoms with van der Waals surface area (Å²) in [6, 6.07) is 10.6. The molecule has 0 spiro atoms. The third-order valence-electron chi connectivity index (χ3n) is 4.63. The number of nitrogens with one attached hydrogen (secondary N) is 1. The van der Waals surface area contributed by atoms with Crippen LogP contribution >= 0.6 is 0 Å². The van der Waals surface area contributed by atoms with Gasteiger partial charge in [0.1, 0.15) is 0 Å². The number of benzene rings is 1. The Morgan fingerprint density at radius 2 is 2.00 bits per heavy atom. The van der Waals surface area contributed by atoms with E-state index in [0.29, 0.717) is 0 Å². The van der Waals surface area contributed by atoms with E-state index in [-0.39, 0.29) is 12.6 Å². The second kappa shape index (κ2) is 5.89. The normalized spacial score (nSPS) is 29.8. The van der Waals surface area contributed by atoms with Crippen molar-refractivity contribution in [1.82, 2.24) is 5.32 Å². The van der Waals surface area contributed by atoms with Gasteiger partial charge in [-0.2, -0.15) is 0 Å². The molecule has 2 aliphatic carbocycles. The van der Waals surface area contributed by atoms with E-state index in [0.717, 1.165) is 30.7 Å². The molecule has 1 aromatic rings. The summed E-state index contributed by atoms with van der Waals surface area (Å²) in [4.78, 5) is 0. The molecule has 0 aliphatic heterocycles. The average molecular weight is 257 g/mol. The fourth-order valence-corrected chi connectivity index (χ4v) is 3.55. The molecule has 4 atom stereocenters. The zero-order valence-corrected chi connectivity index (χ0v) is 11.3. The first-order chi connectivity index (χ1) is 9.35. The summed E-state index contributed by atoms with van der Waals surface area (Å²) >= 11 is 0. The number of hydrogen-bond acceptors (Lipinski definition) is 2. The Bertz CT molecular complexity index is 428. The van der Waals surface area contributed by atoms with Crippen LogP contribution in [0.2, 0.25) is 0 Å². The second-order valence-corrected chi connectivity index (χ2v) is 6.02. The molecule has 0 heterocycles. The zero-order valence-electron chi connectivity index (χ0n) is 11.3. The molecule has 0 amide bonds. The lowest BCUT2D eigenvalue weighted by Gasteiger charge is -2.23. The molecule has 0 aromatic heterocycles. The molecule has 1 aromatic carbocycles. The lowest BCUT2D eigenvalue weighted by atomic mass is 9.93. The van der Waals surface area contributed by atoms with Crippen molar-refractivity contribution in [2.24, 2.45) is 17.8 Å². The Morgan fingerprint density at radius 3 is 2.63 bits per heavy atom. The van der Waals surface area contributed by atoms with Crippen LogP contribution in [0, 0.1) is 17.8 Å². The fourth-order valence-electron chi connectivity index (χ4n) is 3.55. The van der Waals surface area contributed by atoms with Crippen LogP contribution in [0.4, 0.5) is 0 Å². The van der Waals surface area contributed by atoms with Crippen molar-refractivity contribution in [3.63, 3.8) is 0 Å². The highest BCUT2D eigenvalue weighted by atomic mass is 16.3. The molecule has 1 fully saturated rings. The molecule has 2 N–H and O–H groups in total. The first kappa shape index (κ1) is 12.9. The van der Waals surface area contributed by atoms with Crippen molar-refractivity contribution in [3.05, 3.63) is 48.0 Å². The van der Waals surface area contributed by atoms with Crippen molar-refractivity contribution in [2.75, 3.05) is 13.2 Å². The van der Waals surface area contributed by atoms with Crippen LogP contribution in [0.25, 0.3) is 0 Å². The van der Waals surface area contributed by atoms with Gasteiger partial charge in [-0.25, -0.2) is 0 Å². The van der Waals surface area contributed by atoms with Gasteiger partial charge in [0.05, 0.1) is 6.61 Å². The lowest BCUT2D eigenvalue weighted by molar-refractivity contribution is 0.232. The second-order valence-electron chi connectivity index (χ2n) is 6.02. The van der Waals surface area contributed by atoms with E-state index in [1.807, 2.05) is 6.07 Å². The molecule has 1 saturated carbocycles. The summed E-state index contributed by atoms with van der Waals surface area (Å²) in [5.74, 6) is 2.40. The van der Waals surface area contributed by atoms with Gasteiger partial charge in [0.15, 0.2) is 0 Å². The SMILES string of the molecule is OC[C@@H](Cc1ccccc1)NCC1CC2C=CC1C2. The van der Waals surface area contributed by atoms with Gasteiger partial charge in [0.25, 0.3) is 0 Å². The molecule has 2 heteroatoms. The van der Waals surface area contributed by atoms with E-state index in [4.69, 9.17) is 0 Å². The Balaban J connectivity index is 1.49. The first-order valence-corrected chi connectivity index (χ1v) is 7.41. The molecule has 2 nitrogen and oxygen atoms in total. The third-order valence-corrected chi connectivity index (χ3v) is 4.63. The van der Waals surface area contributed by atoms with Gasteiger partial charge in [-0.05, 0) is 49.1 Å². The Kier molecular flexibility index (Phi) is 4.00. The standard InChI is InChI=1S/C17H23NO/c19-12-17(10-13-4-2-1-3-5-13)18-11-16-9-14-6-7-15(16)8-14/h1-7,14-19H,8-12H2/t14?,15?,16?,17-/m1/s1. The third kappa shape index (κ3) is 3.07. The topological polar surface area (TPSA) is 32.3 Å². The van der Waals surface area contributed by atoms with Gasteiger partial charge in [0.2, 0.25) is 0 Å². The minimum absolute atomic E-state index is 0.186. The van der Waals surface area contributed by atoms with Crippen LogP contribution in [0.15, 0.2) is 42.5 Å². The number of rotatable bonds is 6. The molecular weight excluding hydrogens is 234 g/mol. The van der Waals surface area contributed by atoms with Crippen LogP contribution in [0.5, 0.6) is 0 Å². The molecule has 3 unspecified atom stereocenters. The van der Waals surface area contributed by atoms with Gasteiger partial charge in [-0.1, -0.05) is 42.5 Å². The van der Waals surface area contributed by atoms with E-state index < -0.39 is 0 Å². The van der Waals surface area contributed by atoms with Gasteiger partial charge in [-0.15, -0.1) is 0 Å². The highest BCUT2D eigenvalue weighted by Gasteiger charge is 2.35. The van der Waals surface area contributed by atoms with Gasteiger partial charge < -0.3 is 10.4 Å². The van der Waals surface area contributed by atoms with Crippen molar-refractivity contribution in [1.29, 1.82) is 0 Å². The maximum absolute atomic E-state index is 9.52. The zero-order chi connectivity index (χ0) is 13.1. The van der Waals surface area contributed by atoms with Gasteiger partial charge in [-0.3, -0.25) is 0 Å². The predicted molar refractivity (Wildman–Crippen MR) is 77.9 cm³/mol. The quantitative estimate of drug-likeness (QED) is 0.767. The summed E-state index contributed by atoms with van der Waals surface area (Å²) < 4.78 is 0. The molecule has 0 radical (unpaired) electrons. The largest absolute Gasteiger partial charge is 0.395 e. The van der Waals surface area contributed by atoms with Gasteiger partial charge in [0, 0.05) is 6.04 Å². The Labute approximate surface area is 115 Å². The first-order valence-electron chi connectivity index (χ1n) is 7.41. The van der Waals surface area contributed by atoms with Crippen LogP contribution < -0.4 is 5.32 Å². The van der Waals surface area contributed by atoms with E-state index in [2.05, 4.69) is 41.7 Å². The Morgan fingerprint density at radius 1 is 1.16 bits per heavy atom. The fraction of sp³-hybridized carbons (Fsp3) is 0.529. The lowest BCUT2D eigenvalue weighted by Crippen LogP contribution is -2.38. The number of aliphatic hydroxyl groups is 1. The summed E-state index contributed by atoms with van der Waals surface area (Å²) in [6.45, 7) is 1.26. The predicted octanol–water partition coefficient (Wildman–Crippen LogP) is 2.39. The summed E-state index contributed by atoms with van der Waals surface area (Å²) in [5.41, 5.74) is 1.29. The molecule has 3 rings (SSSR count). The minimum atomic E-state index is 0.186. The van der Waals surface area contributed by atoms with Gasteiger partial charge >= 0.3 is 0 Å². The smallest absolute Gasteiger partial charge is 0.0587 e. The summed E-state index contributed by atoms with van der Waals surface area (Å²) in [7, 11) is 0. The molecular formula is C17H23NO. The van der Waals surface area contributed by atoms with E-state index in [1.54, 1.807) is 0 Å². The van der Waals surface area contributed by atoms with E-state index in [9.17, 15) is 5.11 Å². The maximum Gasteiger partial charge on any atom is 0.0587 e. The van der Waals surface area contributed by atoms with Crippen molar-refractivity contribution in [3.8, 4) is 0 Å². The average Bonchev–Trinajstić information content (AvgIpc) is 3.07. The molecule has 2 bridgehead atoms. The van der Waals surface area contributed by atoms with Crippen molar-refractivity contribution >= 4 is 0 Å². The van der Waals surface area contributed by atoms with E-state index >= 15 is 0 Å². The molecule has 19 heavy (non-hydrogen) atoms. The Hall–Kier alpha value is -1.12.